The molecule has 0 saturated carbocycles. The van der Waals surface area contributed by atoms with Gasteiger partial charge in [-0.05, 0) is 76.5 Å². The highest BCUT2D eigenvalue weighted by Gasteiger charge is 2.49. The van der Waals surface area contributed by atoms with Gasteiger partial charge in [-0.25, -0.2) is 0 Å². The normalized spacial score (nSPS) is 28.2. The van der Waals surface area contributed by atoms with E-state index in [2.05, 4.69) is 50.8 Å². The van der Waals surface area contributed by atoms with E-state index in [1.165, 1.54) is 44.3 Å². The third-order valence-electron chi connectivity index (χ3n) is 7.23. The van der Waals surface area contributed by atoms with E-state index in [9.17, 15) is 5.11 Å². The predicted octanol–water partition coefficient (Wildman–Crippen LogP) is 2.25. The van der Waals surface area contributed by atoms with Crippen LogP contribution in [0.15, 0.2) is 24.3 Å². The molecule has 0 bridgehead atoms. The maximum absolute atomic E-state index is 10.2. The Morgan fingerprint density at radius 3 is 2.55 bits per heavy atom. The van der Waals surface area contributed by atoms with Crippen molar-refractivity contribution in [3.63, 3.8) is 0 Å². The molecule has 3 saturated heterocycles. The number of aliphatic hydroxyl groups is 1. The summed E-state index contributed by atoms with van der Waals surface area (Å²) in [5, 5.41) is 10.2. The zero-order valence-corrected chi connectivity index (χ0v) is 19.3. The van der Waals surface area contributed by atoms with Gasteiger partial charge in [0, 0.05) is 49.9 Å². The van der Waals surface area contributed by atoms with Gasteiger partial charge in [0.2, 0.25) is 0 Å². The average molecular weight is 426 g/mol. The molecule has 3 heterocycles. The van der Waals surface area contributed by atoms with Gasteiger partial charge in [-0.2, -0.15) is 0 Å². The number of aliphatic hydroxyl groups excluding tert-OH is 1. The smallest absolute Gasteiger partial charge is 0.0600 e. The molecule has 3 aliphatic rings. The van der Waals surface area contributed by atoms with Crippen molar-refractivity contribution >= 4 is 0 Å². The lowest BCUT2D eigenvalue weighted by molar-refractivity contribution is -0.0677. The van der Waals surface area contributed by atoms with Gasteiger partial charge in [-0.3, -0.25) is 9.80 Å². The topological polar surface area (TPSA) is 39.2 Å². The molecular formula is C26H39N3O2. The molecule has 0 spiro atoms. The Morgan fingerprint density at radius 2 is 1.84 bits per heavy atom. The highest BCUT2D eigenvalue weighted by Crippen LogP contribution is 2.42. The maximum Gasteiger partial charge on any atom is 0.0600 e. The molecule has 170 valence electrons. The van der Waals surface area contributed by atoms with Crippen molar-refractivity contribution in [2.45, 2.75) is 43.7 Å². The SMILES string of the molecule is CN(C)CC#Cc1ccc([C@@H]2[C@H]3CN(CC4CCOCC4)CCCCN3[C@H]2CO)cc1. The molecule has 0 amide bonds. The van der Waals surface area contributed by atoms with Crippen LogP contribution >= 0.6 is 0 Å². The van der Waals surface area contributed by atoms with E-state index in [4.69, 9.17) is 4.74 Å². The molecule has 0 aliphatic carbocycles. The molecule has 1 aromatic carbocycles. The second kappa shape index (κ2) is 10.9. The summed E-state index contributed by atoms with van der Waals surface area (Å²) >= 11 is 0. The van der Waals surface area contributed by atoms with E-state index >= 15 is 0 Å². The van der Waals surface area contributed by atoms with Gasteiger partial charge in [0.15, 0.2) is 0 Å². The van der Waals surface area contributed by atoms with Crippen LogP contribution in [0.25, 0.3) is 0 Å². The summed E-state index contributed by atoms with van der Waals surface area (Å²) in [6.45, 7) is 7.50. The average Bonchev–Trinajstić information content (AvgIpc) is 2.76. The van der Waals surface area contributed by atoms with E-state index in [1.54, 1.807) is 0 Å². The lowest BCUT2D eigenvalue weighted by Gasteiger charge is -2.57. The van der Waals surface area contributed by atoms with E-state index in [1.807, 2.05) is 14.1 Å². The fourth-order valence-electron chi connectivity index (χ4n) is 5.56. The summed E-state index contributed by atoms with van der Waals surface area (Å²) in [6, 6.07) is 9.54. The van der Waals surface area contributed by atoms with Gasteiger partial charge in [0.1, 0.15) is 0 Å². The summed E-state index contributed by atoms with van der Waals surface area (Å²) < 4.78 is 5.57. The first-order chi connectivity index (χ1) is 15.2. The molecule has 3 atom stereocenters. The second-order valence-corrected chi connectivity index (χ2v) is 9.76. The van der Waals surface area contributed by atoms with Crippen LogP contribution in [-0.4, -0.2) is 98.5 Å². The third-order valence-corrected chi connectivity index (χ3v) is 7.23. The van der Waals surface area contributed by atoms with Gasteiger partial charge in [0.05, 0.1) is 13.2 Å². The van der Waals surface area contributed by atoms with E-state index in [0.29, 0.717) is 12.0 Å². The van der Waals surface area contributed by atoms with Crippen LogP contribution < -0.4 is 0 Å². The first-order valence-electron chi connectivity index (χ1n) is 12.1. The Balaban J connectivity index is 1.45. The second-order valence-electron chi connectivity index (χ2n) is 9.76. The van der Waals surface area contributed by atoms with Crippen molar-refractivity contribution in [1.82, 2.24) is 14.7 Å². The summed E-state index contributed by atoms with van der Waals surface area (Å²) in [5.41, 5.74) is 2.42. The molecule has 4 rings (SSSR count). The van der Waals surface area contributed by atoms with Crippen LogP contribution in [0, 0.1) is 17.8 Å². The molecular weight excluding hydrogens is 386 g/mol. The summed E-state index contributed by atoms with van der Waals surface area (Å²) in [4.78, 5) is 7.36. The molecule has 0 aromatic heterocycles. The fourth-order valence-corrected chi connectivity index (χ4v) is 5.56. The quantitative estimate of drug-likeness (QED) is 0.733. The molecule has 3 aliphatic heterocycles. The summed E-state index contributed by atoms with van der Waals surface area (Å²) in [5.74, 6) is 7.65. The fraction of sp³-hybridized carbons (Fsp3) is 0.692. The molecule has 1 aromatic rings. The number of fused-ring (bicyclic) bond motifs is 1. The van der Waals surface area contributed by atoms with Crippen LogP contribution in [0.4, 0.5) is 0 Å². The minimum atomic E-state index is 0.242. The molecule has 31 heavy (non-hydrogen) atoms. The Morgan fingerprint density at radius 1 is 1.10 bits per heavy atom. The minimum absolute atomic E-state index is 0.242. The largest absolute Gasteiger partial charge is 0.395 e. The summed E-state index contributed by atoms with van der Waals surface area (Å²) in [6.07, 6.45) is 4.88. The molecule has 0 unspecified atom stereocenters. The molecule has 5 heteroatoms. The molecule has 3 fully saturated rings. The van der Waals surface area contributed by atoms with Gasteiger partial charge < -0.3 is 14.7 Å². The lowest BCUT2D eigenvalue weighted by atomic mass is 9.74. The highest BCUT2D eigenvalue weighted by atomic mass is 16.5. The van der Waals surface area contributed by atoms with Crippen LogP contribution in [0.1, 0.15) is 42.7 Å². The standard InChI is InChI=1S/C26H39N3O2/c1-27(2)13-5-6-21-7-9-23(10-8-21)26-24-19-28(18-22-11-16-31-17-12-22)14-3-4-15-29(24)25(26)20-30/h7-10,22,24-26,30H,3-4,11-20H2,1-2H3/t24-,25+,26-/m1/s1. The number of nitrogens with zero attached hydrogens (tertiary/aromatic N) is 3. The minimum Gasteiger partial charge on any atom is -0.395 e. The lowest BCUT2D eigenvalue weighted by Crippen LogP contribution is -2.67. The van der Waals surface area contributed by atoms with Crippen molar-refractivity contribution in [3.05, 3.63) is 35.4 Å². The Bertz CT molecular complexity index is 748. The van der Waals surface area contributed by atoms with Crippen molar-refractivity contribution in [2.75, 3.05) is 66.6 Å². The Labute approximate surface area is 188 Å². The van der Waals surface area contributed by atoms with Crippen molar-refractivity contribution in [2.24, 2.45) is 5.92 Å². The van der Waals surface area contributed by atoms with Crippen LogP contribution in [-0.2, 0) is 4.74 Å². The van der Waals surface area contributed by atoms with E-state index in [0.717, 1.165) is 44.3 Å². The Hall–Kier alpha value is -1.42. The first-order valence-corrected chi connectivity index (χ1v) is 12.1. The summed E-state index contributed by atoms with van der Waals surface area (Å²) in [7, 11) is 4.07. The Kier molecular flexibility index (Phi) is 8.03. The monoisotopic (exact) mass is 425 g/mol. The molecule has 1 N–H and O–H groups in total. The van der Waals surface area contributed by atoms with Gasteiger partial charge >= 0.3 is 0 Å². The van der Waals surface area contributed by atoms with Crippen LogP contribution in [0.2, 0.25) is 0 Å². The van der Waals surface area contributed by atoms with Crippen LogP contribution in [0.3, 0.4) is 0 Å². The van der Waals surface area contributed by atoms with Crippen molar-refractivity contribution < 1.29 is 9.84 Å². The van der Waals surface area contributed by atoms with E-state index in [-0.39, 0.29) is 12.6 Å². The number of rotatable bonds is 5. The van der Waals surface area contributed by atoms with Gasteiger partial charge in [-0.15, -0.1) is 0 Å². The first kappa shape index (κ1) is 22.8. The van der Waals surface area contributed by atoms with Crippen molar-refractivity contribution in [3.8, 4) is 11.8 Å². The maximum atomic E-state index is 10.2. The number of hydrogen-bond donors (Lipinski definition) is 1. The highest BCUT2D eigenvalue weighted by molar-refractivity contribution is 5.39. The van der Waals surface area contributed by atoms with Crippen LogP contribution in [0.5, 0.6) is 0 Å². The zero-order chi connectivity index (χ0) is 21.6. The predicted molar refractivity (Wildman–Crippen MR) is 125 cm³/mol. The third kappa shape index (κ3) is 5.69. The van der Waals surface area contributed by atoms with Gasteiger partial charge in [0.25, 0.3) is 0 Å². The molecule has 0 radical (unpaired) electrons. The number of hydrogen-bond acceptors (Lipinski definition) is 5. The number of ether oxygens (including phenoxy) is 1. The van der Waals surface area contributed by atoms with E-state index < -0.39 is 0 Å². The van der Waals surface area contributed by atoms with Crippen molar-refractivity contribution in [1.29, 1.82) is 0 Å². The van der Waals surface area contributed by atoms with Gasteiger partial charge in [-0.1, -0.05) is 24.0 Å². The number of benzene rings is 1. The zero-order valence-electron chi connectivity index (χ0n) is 19.3. The molecule has 5 nitrogen and oxygen atoms in total.